The monoisotopic (exact) mass is 310 g/mol. The minimum Gasteiger partial charge on any atom is -0.457 e. The standard InChI is InChI=1S/C20H22O3/c1-2-3-5-14-19(21)17-12-8-9-13-18(17)20(22)23-15-16-10-6-4-7-11-16/h4,6-13H,2-3,5,14-15H2,1H3. The third kappa shape index (κ3) is 5.06. The molecule has 0 heterocycles. The first-order chi connectivity index (χ1) is 11.2. The summed E-state index contributed by atoms with van der Waals surface area (Å²) in [5.41, 5.74) is 1.74. The van der Waals surface area contributed by atoms with E-state index in [-0.39, 0.29) is 12.4 Å². The van der Waals surface area contributed by atoms with Crippen LogP contribution in [0.15, 0.2) is 54.6 Å². The second-order valence-corrected chi connectivity index (χ2v) is 5.49. The molecule has 2 rings (SSSR count). The first-order valence-electron chi connectivity index (χ1n) is 8.05. The average Bonchev–Trinajstić information content (AvgIpc) is 2.60. The van der Waals surface area contributed by atoms with Crippen molar-refractivity contribution in [1.29, 1.82) is 0 Å². The maximum atomic E-state index is 12.3. The summed E-state index contributed by atoms with van der Waals surface area (Å²) in [6.07, 6.45) is 3.40. The van der Waals surface area contributed by atoms with Gasteiger partial charge >= 0.3 is 5.97 Å². The Labute approximate surface area is 137 Å². The highest BCUT2D eigenvalue weighted by atomic mass is 16.5. The van der Waals surface area contributed by atoms with Crippen LogP contribution in [0.2, 0.25) is 0 Å². The zero-order chi connectivity index (χ0) is 16.5. The topological polar surface area (TPSA) is 43.4 Å². The molecule has 0 radical (unpaired) electrons. The highest BCUT2D eigenvalue weighted by molar-refractivity contribution is 6.06. The van der Waals surface area contributed by atoms with Gasteiger partial charge in [-0.2, -0.15) is 0 Å². The second kappa shape index (κ2) is 8.89. The van der Waals surface area contributed by atoms with Gasteiger partial charge < -0.3 is 4.74 Å². The lowest BCUT2D eigenvalue weighted by Crippen LogP contribution is -2.12. The Balaban J connectivity index is 2.03. The minimum atomic E-state index is -0.451. The number of carbonyl (C=O) groups excluding carboxylic acids is 2. The summed E-state index contributed by atoms with van der Waals surface area (Å²) in [7, 11) is 0. The van der Waals surface area contributed by atoms with Crippen molar-refractivity contribution in [1.82, 2.24) is 0 Å². The molecule has 0 aliphatic carbocycles. The third-order valence-electron chi connectivity index (χ3n) is 3.67. The summed E-state index contributed by atoms with van der Waals surface area (Å²) < 4.78 is 5.34. The lowest BCUT2D eigenvalue weighted by atomic mass is 9.99. The number of carbonyl (C=O) groups is 2. The van der Waals surface area contributed by atoms with Gasteiger partial charge in [0.1, 0.15) is 6.61 Å². The van der Waals surface area contributed by atoms with Crippen molar-refractivity contribution in [2.45, 2.75) is 39.2 Å². The number of Topliss-reactive ketones (excluding diaryl/α,β-unsaturated/α-hetero) is 1. The van der Waals surface area contributed by atoms with Crippen LogP contribution in [0.3, 0.4) is 0 Å². The molecule has 0 saturated heterocycles. The number of unbranched alkanes of at least 4 members (excludes halogenated alkanes) is 2. The Morgan fingerprint density at radius 3 is 2.22 bits per heavy atom. The van der Waals surface area contributed by atoms with Gasteiger partial charge in [0.25, 0.3) is 0 Å². The Kier molecular flexibility index (Phi) is 6.55. The highest BCUT2D eigenvalue weighted by Gasteiger charge is 2.17. The van der Waals surface area contributed by atoms with Gasteiger partial charge in [-0.3, -0.25) is 4.79 Å². The van der Waals surface area contributed by atoms with Gasteiger partial charge in [-0.15, -0.1) is 0 Å². The summed E-state index contributed by atoms with van der Waals surface area (Å²) in [6.45, 7) is 2.30. The van der Waals surface area contributed by atoms with Crippen molar-refractivity contribution < 1.29 is 14.3 Å². The van der Waals surface area contributed by atoms with Gasteiger partial charge in [-0.05, 0) is 18.1 Å². The quantitative estimate of drug-likeness (QED) is 0.399. The number of esters is 1. The Morgan fingerprint density at radius 2 is 1.52 bits per heavy atom. The van der Waals surface area contributed by atoms with E-state index in [1.54, 1.807) is 24.3 Å². The Hall–Kier alpha value is -2.42. The summed E-state index contributed by atoms with van der Waals surface area (Å²) in [6, 6.07) is 16.4. The van der Waals surface area contributed by atoms with Crippen LogP contribution in [0, 0.1) is 0 Å². The minimum absolute atomic E-state index is 0.00529. The van der Waals surface area contributed by atoms with Gasteiger partial charge in [0.15, 0.2) is 5.78 Å². The molecule has 120 valence electrons. The maximum absolute atomic E-state index is 12.3. The number of hydrogen-bond acceptors (Lipinski definition) is 3. The van der Waals surface area contributed by atoms with Crippen LogP contribution >= 0.6 is 0 Å². The van der Waals surface area contributed by atoms with E-state index in [4.69, 9.17) is 4.74 Å². The Bertz CT molecular complexity index is 647. The van der Waals surface area contributed by atoms with Crippen LogP contribution in [-0.4, -0.2) is 11.8 Å². The van der Waals surface area contributed by atoms with Crippen LogP contribution < -0.4 is 0 Å². The summed E-state index contributed by atoms with van der Waals surface area (Å²) >= 11 is 0. The molecular formula is C20H22O3. The summed E-state index contributed by atoms with van der Waals surface area (Å²) in [5, 5.41) is 0. The number of ketones is 1. The van der Waals surface area contributed by atoms with Crippen LogP contribution in [-0.2, 0) is 11.3 Å². The lowest BCUT2D eigenvalue weighted by molar-refractivity contribution is 0.0469. The molecule has 3 heteroatoms. The molecular weight excluding hydrogens is 288 g/mol. The van der Waals surface area contributed by atoms with E-state index in [2.05, 4.69) is 6.92 Å². The van der Waals surface area contributed by atoms with E-state index >= 15 is 0 Å². The normalized spacial score (nSPS) is 10.3. The van der Waals surface area contributed by atoms with Crippen LogP contribution in [0.1, 0.15) is 58.9 Å². The van der Waals surface area contributed by atoms with E-state index in [9.17, 15) is 9.59 Å². The van der Waals surface area contributed by atoms with Crippen molar-refractivity contribution in [3.8, 4) is 0 Å². The molecule has 3 nitrogen and oxygen atoms in total. The lowest BCUT2D eigenvalue weighted by Gasteiger charge is -2.09. The number of rotatable bonds is 8. The number of hydrogen-bond donors (Lipinski definition) is 0. The fourth-order valence-electron chi connectivity index (χ4n) is 2.38. The maximum Gasteiger partial charge on any atom is 0.339 e. The second-order valence-electron chi connectivity index (χ2n) is 5.49. The fourth-order valence-corrected chi connectivity index (χ4v) is 2.38. The Morgan fingerprint density at radius 1 is 0.870 bits per heavy atom. The molecule has 0 bridgehead atoms. The first-order valence-corrected chi connectivity index (χ1v) is 8.05. The largest absolute Gasteiger partial charge is 0.457 e. The van der Waals surface area contributed by atoms with Gasteiger partial charge in [0.2, 0.25) is 0 Å². The van der Waals surface area contributed by atoms with Gasteiger partial charge in [-0.1, -0.05) is 68.3 Å². The third-order valence-corrected chi connectivity index (χ3v) is 3.67. The molecule has 23 heavy (non-hydrogen) atoms. The van der Waals surface area contributed by atoms with E-state index in [1.807, 2.05) is 30.3 Å². The molecule has 0 aliphatic heterocycles. The van der Waals surface area contributed by atoms with E-state index in [0.29, 0.717) is 17.5 Å². The summed E-state index contributed by atoms with van der Waals surface area (Å²) in [5.74, 6) is -0.445. The predicted molar refractivity (Wildman–Crippen MR) is 90.5 cm³/mol. The molecule has 0 saturated carbocycles. The van der Waals surface area contributed by atoms with Crippen LogP contribution in [0.25, 0.3) is 0 Å². The molecule has 0 amide bonds. The van der Waals surface area contributed by atoms with Crippen LogP contribution in [0.5, 0.6) is 0 Å². The van der Waals surface area contributed by atoms with Crippen molar-refractivity contribution in [2.24, 2.45) is 0 Å². The molecule has 0 unspecified atom stereocenters. The van der Waals surface area contributed by atoms with E-state index in [1.165, 1.54) is 0 Å². The van der Waals surface area contributed by atoms with Gasteiger partial charge in [-0.25, -0.2) is 4.79 Å². The first kappa shape index (κ1) is 16.9. The molecule has 2 aromatic rings. The van der Waals surface area contributed by atoms with Crippen molar-refractivity contribution >= 4 is 11.8 Å². The molecule has 0 N–H and O–H groups in total. The van der Waals surface area contributed by atoms with E-state index < -0.39 is 5.97 Å². The average molecular weight is 310 g/mol. The molecule has 0 atom stereocenters. The van der Waals surface area contributed by atoms with E-state index in [0.717, 1.165) is 24.8 Å². The zero-order valence-electron chi connectivity index (χ0n) is 13.5. The number of benzene rings is 2. The van der Waals surface area contributed by atoms with Crippen molar-refractivity contribution in [3.63, 3.8) is 0 Å². The smallest absolute Gasteiger partial charge is 0.339 e. The fraction of sp³-hybridized carbons (Fsp3) is 0.300. The zero-order valence-corrected chi connectivity index (χ0v) is 13.5. The highest BCUT2D eigenvalue weighted by Crippen LogP contribution is 2.15. The molecule has 0 aliphatic rings. The van der Waals surface area contributed by atoms with Crippen LogP contribution in [0.4, 0.5) is 0 Å². The summed E-state index contributed by atoms with van der Waals surface area (Å²) in [4.78, 5) is 24.6. The van der Waals surface area contributed by atoms with Gasteiger partial charge in [0.05, 0.1) is 5.56 Å². The van der Waals surface area contributed by atoms with Gasteiger partial charge in [0, 0.05) is 12.0 Å². The molecule has 0 spiro atoms. The molecule has 2 aromatic carbocycles. The van der Waals surface area contributed by atoms with Crippen molar-refractivity contribution in [3.05, 3.63) is 71.3 Å². The predicted octanol–water partition coefficient (Wildman–Crippen LogP) is 4.81. The number of ether oxygens (including phenoxy) is 1. The molecule has 0 fully saturated rings. The van der Waals surface area contributed by atoms with Crippen molar-refractivity contribution in [2.75, 3.05) is 0 Å². The SMILES string of the molecule is CCCCCC(=O)c1ccccc1C(=O)OCc1ccccc1. The molecule has 0 aromatic heterocycles.